The zero-order valence-corrected chi connectivity index (χ0v) is 8.97. The van der Waals surface area contributed by atoms with E-state index in [0.29, 0.717) is 6.42 Å². The monoisotopic (exact) mass is 201 g/mol. The lowest BCUT2D eigenvalue weighted by Crippen LogP contribution is -2.26. The van der Waals surface area contributed by atoms with E-state index < -0.39 is 13.9 Å². The van der Waals surface area contributed by atoms with Crippen molar-refractivity contribution in [3.8, 4) is 0 Å². The summed E-state index contributed by atoms with van der Waals surface area (Å²) in [6.07, 6.45) is 4.60. The molecule has 0 spiro atoms. The minimum atomic E-state index is -2.53. The van der Waals surface area contributed by atoms with Gasteiger partial charge < -0.3 is 0 Å². The third kappa shape index (κ3) is 3.03. The molecule has 13 heavy (non-hydrogen) atoms. The van der Waals surface area contributed by atoms with Gasteiger partial charge in [0, 0.05) is 11.0 Å². The lowest BCUT2D eigenvalue weighted by atomic mass is 9.89. The molecule has 0 fully saturated rings. The molecule has 1 N–H and O–H groups in total. The molecule has 2 unspecified atom stereocenters. The summed E-state index contributed by atoms with van der Waals surface area (Å²) in [6.45, 7) is 5.76. The first-order valence-corrected chi connectivity index (χ1v) is 5.26. The Labute approximate surface area is 79.1 Å². The highest BCUT2D eigenvalue weighted by atomic mass is 31.1. The predicted molar refractivity (Wildman–Crippen MR) is 51.4 cm³/mol. The van der Waals surface area contributed by atoms with Gasteiger partial charge in [0.05, 0.1) is 0 Å². The van der Waals surface area contributed by atoms with E-state index in [2.05, 4.69) is 6.08 Å². The van der Waals surface area contributed by atoms with Crippen LogP contribution in [0, 0.1) is 0 Å². The summed E-state index contributed by atoms with van der Waals surface area (Å²) in [5.74, 6) is 0. The average Bonchev–Trinajstić information content (AvgIpc) is 1.77. The highest BCUT2D eigenvalue weighted by molar-refractivity contribution is 7.32. The van der Waals surface area contributed by atoms with E-state index in [1.54, 1.807) is 0 Å². The Morgan fingerprint density at radius 1 is 1.62 bits per heavy atom. The fourth-order valence-corrected chi connectivity index (χ4v) is 2.28. The second kappa shape index (κ2) is 3.70. The second-order valence-electron chi connectivity index (χ2n) is 3.70. The van der Waals surface area contributed by atoms with E-state index in [4.69, 9.17) is 9.42 Å². The molecule has 0 amide bonds. The third-order valence-electron chi connectivity index (χ3n) is 1.92. The van der Waals surface area contributed by atoms with Crippen LogP contribution in [0.25, 0.3) is 0 Å². The number of hydrogen-bond donors (Lipinski definition) is 1. The van der Waals surface area contributed by atoms with Gasteiger partial charge in [-0.2, -0.15) is 0 Å². The molecule has 4 heteroatoms. The molecule has 1 aliphatic rings. The van der Waals surface area contributed by atoms with Crippen LogP contribution in [0.2, 0.25) is 0 Å². The summed E-state index contributed by atoms with van der Waals surface area (Å²) in [5, 5.41) is 0. The molecule has 0 radical (unpaired) electrons. The van der Waals surface area contributed by atoms with E-state index in [0.717, 1.165) is 5.57 Å². The van der Waals surface area contributed by atoms with Crippen LogP contribution >= 0.6 is 8.25 Å². The number of allylic oxidation sites excluding steroid dienone is 2. The molecular formula is C9H14O3P+. The van der Waals surface area contributed by atoms with Gasteiger partial charge in [-0.3, -0.25) is 0 Å². The first-order chi connectivity index (χ1) is 5.91. The molecule has 2 atom stereocenters. The van der Waals surface area contributed by atoms with Crippen molar-refractivity contribution in [3.63, 3.8) is 0 Å². The summed E-state index contributed by atoms with van der Waals surface area (Å²) < 4.78 is 15.5. The van der Waals surface area contributed by atoms with Crippen molar-refractivity contribution in [2.75, 3.05) is 0 Å². The molecule has 3 nitrogen and oxygen atoms in total. The molecule has 0 aliphatic heterocycles. The van der Waals surface area contributed by atoms with Gasteiger partial charge in [-0.05, 0) is 26.8 Å². The van der Waals surface area contributed by atoms with Gasteiger partial charge in [-0.15, -0.1) is 9.42 Å². The van der Waals surface area contributed by atoms with Gasteiger partial charge in [0.2, 0.25) is 0 Å². The van der Waals surface area contributed by atoms with Crippen LogP contribution < -0.4 is 0 Å². The summed E-state index contributed by atoms with van der Waals surface area (Å²) >= 11 is 0. The lowest BCUT2D eigenvalue weighted by Gasteiger charge is -2.23. The van der Waals surface area contributed by atoms with Crippen LogP contribution in [0.1, 0.15) is 27.2 Å². The van der Waals surface area contributed by atoms with Crippen LogP contribution in [-0.2, 0) is 9.09 Å². The van der Waals surface area contributed by atoms with E-state index in [1.807, 2.05) is 26.8 Å². The smallest absolute Gasteiger partial charge is 0.133 e. The lowest BCUT2D eigenvalue weighted by molar-refractivity contribution is 0.131. The fourth-order valence-electron chi connectivity index (χ4n) is 1.80. The van der Waals surface area contributed by atoms with Crippen molar-refractivity contribution in [2.45, 2.75) is 32.8 Å². The Balaban J connectivity index is 2.83. The van der Waals surface area contributed by atoms with Crippen molar-refractivity contribution in [1.82, 2.24) is 0 Å². The van der Waals surface area contributed by atoms with Crippen LogP contribution in [0.4, 0.5) is 0 Å². The molecule has 0 aromatic rings. The first kappa shape index (κ1) is 10.6. The highest BCUT2D eigenvalue weighted by Crippen LogP contribution is 2.35. The van der Waals surface area contributed by atoms with Gasteiger partial charge >= 0.3 is 8.25 Å². The topological polar surface area (TPSA) is 46.5 Å². The van der Waals surface area contributed by atoms with Crippen LogP contribution in [-0.4, -0.2) is 10.5 Å². The van der Waals surface area contributed by atoms with Crippen LogP contribution in [0.15, 0.2) is 23.3 Å². The minimum absolute atomic E-state index is 0.620. The quantitative estimate of drug-likeness (QED) is 0.698. The molecule has 0 aromatic heterocycles. The summed E-state index contributed by atoms with van der Waals surface area (Å²) in [6, 6.07) is 0. The minimum Gasteiger partial charge on any atom is -0.133 e. The molecule has 72 valence electrons. The van der Waals surface area contributed by atoms with Gasteiger partial charge in [-0.25, -0.2) is 0 Å². The SMILES string of the molecule is CC1=CC(C)(O[P+](=O)O)CC(C)=C1. The van der Waals surface area contributed by atoms with Gasteiger partial charge in [-0.1, -0.05) is 17.2 Å². The maximum atomic E-state index is 10.6. The van der Waals surface area contributed by atoms with Crippen molar-refractivity contribution in [2.24, 2.45) is 0 Å². The molecular weight excluding hydrogens is 187 g/mol. The van der Waals surface area contributed by atoms with E-state index in [1.165, 1.54) is 5.57 Å². The highest BCUT2D eigenvalue weighted by Gasteiger charge is 2.35. The average molecular weight is 201 g/mol. The first-order valence-electron chi connectivity index (χ1n) is 4.13. The molecule has 0 bridgehead atoms. The number of rotatable bonds is 2. The van der Waals surface area contributed by atoms with E-state index in [9.17, 15) is 4.57 Å². The maximum Gasteiger partial charge on any atom is 0.695 e. The number of hydrogen-bond acceptors (Lipinski definition) is 2. The standard InChI is InChI=1S/C9H13O3P/c1-7-4-8(2)6-9(3,5-7)12-13(10)11/h4-5H,6H2,1-3H3/p+1. The normalized spacial score (nSPS) is 29.4. The Kier molecular flexibility index (Phi) is 3.01. The maximum absolute atomic E-state index is 10.6. The van der Waals surface area contributed by atoms with Gasteiger partial charge in [0.15, 0.2) is 0 Å². The molecule has 0 aromatic carbocycles. The second-order valence-corrected chi connectivity index (χ2v) is 4.36. The Morgan fingerprint density at radius 3 is 2.69 bits per heavy atom. The van der Waals surface area contributed by atoms with Crippen LogP contribution in [0.3, 0.4) is 0 Å². The molecule has 1 rings (SSSR count). The third-order valence-corrected chi connectivity index (χ3v) is 2.50. The summed E-state index contributed by atoms with van der Waals surface area (Å²) in [5.41, 5.74) is 1.62. The Bertz CT molecular complexity index is 289. The van der Waals surface area contributed by atoms with Crippen molar-refractivity contribution >= 4 is 8.25 Å². The Hall–Kier alpha value is -0.500. The van der Waals surface area contributed by atoms with E-state index >= 15 is 0 Å². The van der Waals surface area contributed by atoms with Crippen LogP contribution in [0.5, 0.6) is 0 Å². The molecule has 0 saturated carbocycles. The molecule has 1 aliphatic carbocycles. The van der Waals surface area contributed by atoms with Gasteiger partial charge in [0.1, 0.15) is 5.60 Å². The van der Waals surface area contributed by atoms with E-state index in [-0.39, 0.29) is 0 Å². The summed E-state index contributed by atoms with van der Waals surface area (Å²) in [4.78, 5) is 8.68. The largest absolute Gasteiger partial charge is 0.695 e. The zero-order chi connectivity index (χ0) is 10.1. The van der Waals surface area contributed by atoms with Crippen molar-refractivity contribution in [3.05, 3.63) is 23.3 Å². The molecule has 0 heterocycles. The van der Waals surface area contributed by atoms with Gasteiger partial charge in [0.25, 0.3) is 0 Å². The zero-order valence-electron chi connectivity index (χ0n) is 8.07. The summed E-state index contributed by atoms with van der Waals surface area (Å²) in [7, 11) is -2.53. The fraction of sp³-hybridized carbons (Fsp3) is 0.556. The molecule has 0 saturated heterocycles. The predicted octanol–water partition coefficient (Wildman–Crippen LogP) is 2.71. The van der Waals surface area contributed by atoms with Crippen molar-refractivity contribution < 1.29 is 14.0 Å². The van der Waals surface area contributed by atoms with Crippen molar-refractivity contribution in [1.29, 1.82) is 0 Å². The Morgan fingerprint density at radius 2 is 2.23 bits per heavy atom.